The number of rotatable bonds is 2. The van der Waals surface area contributed by atoms with Gasteiger partial charge in [0.05, 0.1) is 0 Å². The molecule has 0 aliphatic heterocycles. The van der Waals surface area contributed by atoms with Crippen LogP contribution in [0.1, 0.15) is 28.8 Å². The molecule has 0 aromatic heterocycles. The van der Waals surface area contributed by atoms with Gasteiger partial charge in [0.15, 0.2) is 5.78 Å². The molecule has 0 saturated carbocycles. The Morgan fingerprint density at radius 3 is 3.00 bits per heavy atom. The van der Waals surface area contributed by atoms with E-state index in [0.29, 0.717) is 5.78 Å². The Bertz CT molecular complexity index is 365. The van der Waals surface area contributed by atoms with Crippen LogP contribution in [0.5, 0.6) is 0 Å². The van der Waals surface area contributed by atoms with E-state index in [1.54, 1.807) is 0 Å². The van der Waals surface area contributed by atoms with Crippen molar-refractivity contribution in [3.63, 3.8) is 0 Å². The van der Waals surface area contributed by atoms with Crippen LogP contribution in [0.3, 0.4) is 0 Å². The molecule has 0 amide bonds. The summed E-state index contributed by atoms with van der Waals surface area (Å²) in [6.45, 7) is 3.69. The third kappa shape index (κ3) is 1.50. The van der Waals surface area contributed by atoms with E-state index in [2.05, 4.69) is 12.6 Å². The lowest BCUT2D eigenvalue weighted by Crippen LogP contribution is -2.21. The van der Waals surface area contributed by atoms with Crippen LogP contribution in [0.25, 0.3) is 0 Å². The minimum atomic E-state index is 0.169. The molecule has 1 atom stereocenters. The SMILES string of the molecule is C=CC[C@@H]1CCc2ccccc2C1=O. The van der Waals surface area contributed by atoms with Crippen LogP contribution in [0, 0.1) is 5.92 Å². The highest BCUT2D eigenvalue weighted by Gasteiger charge is 2.25. The van der Waals surface area contributed by atoms with E-state index in [9.17, 15) is 4.79 Å². The molecular formula is C13H14O. The number of hydrogen-bond acceptors (Lipinski definition) is 1. The van der Waals surface area contributed by atoms with Crippen LogP contribution in [-0.2, 0) is 6.42 Å². The minimum Gasteiger partial charge on any atom is -0.294 e. The van der Waals surface area contributed by atoms with E-state index in [1.807, 2.05) is 24.3 Å². The highest BCUT2D eigenvalue weighted by molar-refractivity contribution is 6.00. The molecule has 1 nitrogen and oxygen atoms in total. The van der Waals surface area contributed by atoms with Gasteiger partial charge < -0.3 is 0 Å². The van der Waals surface area contributed by atoms with Gasteiger partial charge in [0.25, 0.3) is 0 Å². The van der Waals surface area contributed by atoms with Crippen LogP contribution in [0.2, 0.25) is 0 Å². The molecule has 1 aliphatic rings. The number of hydrogen-bond donors (Lipinski definition) is 0. The Morgan fingerprint density at radius 2 is 2.21 bits per heavy atom. The van der Waals surface area contributed by atoms with Gasteiger partial charge in [0, 0.05) is 11.5 Å². The summed E-state index contributed by atoms with van der Waals surface area (Å²) >= 11 is 0. The summed E-state index contributed by atoms with van der Waals surface area (Å²) in [7, 11) is 0. The summed E-state index contributed by atoms with van der Waals surface area (Å²) < 4.78 is 0. The molecule has 14 heavy (non-hydrogen) atoms. The number of ketones is 1. The lowest BCUT2D eigenvalue weighted by atomic mass is 9.81. The number of allylic oxidation sites excluding steroid dienone is 1. The number of carbonyl (C=O) groups is 1. The molecule has 72 valence electrons. The minimum absolute atomic E-state index is 0.169. The number of benzene rings is 1. The highest BCUT2D eigenvalue weighted by atomic mass is 16.1. The molecule has 0 radical (unpaired) electrons. The first-order chi connectivity index (χ1) is 6.83. The first kappa shape index (κ1) is 9.20. The molecule has 0 N–H and O–H groups in total. The number of Topliss-reactive ketones (excluding diaryl/α,β-unsaturated/α-hetero) is 1. The van der Waals surface area contributed by atoms with Gasteiger partial charge in [-0.1, -0.05) is 30.3 Å². The second kappa shape index (κ2) is 3.79. The Balaban J connectivity index is 2.31. The van der Waals surface area contributed by atoms with E-state index in [-0.39, 0.29) is 5.92 Å². The van der Waals surface area contributed by atoms with E-state index in [0.717, 1.165) is 24.8 Å². The fourth-order valence-electron chi connectivity index (χ4n) is 2.09. The summed E-state index contributed by atoms with van der Waals surface area (Å²) in [4.78, 5) is 12.0. The summed E-state index contributed by atoms with van der Waals surface area (Å²) in [6.07, 6.45) is 4.66. The van der Waals surface area contributed by atoms with Gasteiger partial charge in [-0.15, -0.1) is 6.58 Å². The van der Waals surface area contributed by atoms with Crippen molar-refractivity contribution in [2.24, 2.45) is 5.92 Å². The number of fused-ring (bicyclic) bond motifs is 1. The third-order valence-corrected chi connectivity index (χ3v) is 2.87. The number of aryl methyl sites for hydroxylation is 1. The Labute approximate surface area is 84.5 Å². The molecule has 0 bridgehead atoms. The van der Waals surface area contributed by atoms with Crippen molar-refractivity contribution < 1.29 is 4.79 Å². The Hall–Kier alpha value is -1.37. The number of carbonyl (C=O) groups excluding carboxylic acids is 1. The summed E-state index contributed by atoms with van der Waals surface area (Å²) in [5.74, 6) is 0.467. The van der Waals surface area contributed by atoms with Gasteiger partial charge in [-0.2, -0.15) is 0 Å². The maximum absolute atomic E-state index is 12.0. The fraction of sp³-hybridized carbons (Fsp3) is 0.308. The molecule has 0 saturated heterocycles. The zero-order valence-electron chi connectivity index (χ0n) is 8.20. The summed E-state index contributed by atoms with van der Waals surface area (Å²) in [5, 5.41) is 0. The van der Waals surface area contributed by atoms with Crippen LogP contribution in [0.15, 0.2) is 36.9 Å². The van der Waals surface area contributed by atoms with Gasteiger partial charge in [-0.25, -0.2) is 0 Å². The van der Waals surface area contributed by atoms with E-state index >= 15 is 0 Å². The molecule has 0 spiro atoms. The second-order valence-corrected chi connectivity index (χ2v) is 3.78. The average Bonchev–Trinajstić information content (AvgIpc) is 2.23. The van der Waals surface area contributed by atoms with Crippen molar-refractivity contribution in [3.8, 4) is 0 Å². The van der Waals surface area contributed by atoms with Crippen LogP contribution >= 0.6 is 0 Å². The maximum Gasteiger partial charge on any atom is 0.166 e. The zero-order valence-corrected chi connectivity index (χ0v) is 8.20. The first-order valence-electron chi connectivity index (χ1n) is 5.06. The van der Waals surface area contributed by atoms with Gasteiger partial charge in [0.2, 0.25) is 0 Å². The van der Waals surface area contributed by atoms with Crippen molar-refractivity contribution in [1.29, 1.82) is 0 Å². The van der Waals surface area contributed by atoms with E-state index in [1.165, 1.54) is 5.56 Å². The van der Waals surface area contributed by atoms with E-state index in [4.69, 9.17) is 0 Å². The normalized spacial score (nSPS) is 20.3. The monoisotopic (exact) mass is 186 g/mol. The largest absolute Gasteiger partial charge is 0.294 e. The van der Waals surface area contributed by atoms with Gasteiger partial charge in [-0.3, -0.25) is 4.79 Å². The molecule has 0 unspecified atom stereocenters. The smallest absolute Gasteiger partial charge is 0.166 e. The van der Waals surface area contributed by atoms with Crippen LogP contribution in [0.4, 0.5) is 0 Å². The van der Waals surface area contributed by atoms with Gasteiger partial charge >= 0.3 is 0 Å². The fourth-order valence-corrected chi connectivity index (χ4v) is 2.09. The molecule has 0 fully saturated rings. The quantitative estimate of drug-likeness (QED) is 0.649. The van der Waals surface area contributed by atoms with Crippen molar-refractivity contribution in [3.05, 3.63) is 48.0 Å². The van der Waals surface area contributed by atoms with Crippen molar-refractivity contribution in [2.75, 3.05) is 0 Å². The first-order valence-corrected chi connectivity index (χ1v) is 5.06. The average molecular weight is 186 g/mol. The molecule has 0 heterocycles. The molecule has 1 aliphatic carbocycles. The van der Waals surface area contributed by atoms with Gasteiger partial charge in [-0.05, 0) is 24.8 Å². The van der Waals surface area contributed by atoms with Crippen molar-refractivity contribution in [2.45, 2.75) is 19.3 Å². The zero-order chi connectivity index (χ0) is 9.97. The van der Waals surface area contributed by atoms with Gasteiger partial charge in [0.1, 0.15) is 0 Å². The topological polar surface area (TPSA) is 17.1 Å². The Morgan fingerprint density at radius 1 is 1.43 bits per heavy atom. The Kier molecular flexibility index (Phi) is 2.49. The standard InChI is InChI=1S/C13H14O/c1-2-5-11-9-8-10-6-3-4-7-12(10)13(11)14/h2-4,6-7,11H,1,5,8-9H2/t11-/m1/s1. The molecular weight excluding hydrogens is 172 g/mol. The molecule has 1 heteroatoms. The highest BCUT2D eigenvalue weighted by Crippen LogP contribution is 2.27. The van der Waals surface area contributed by atoms with E-state index < -0.39 is 0 Å². The predicted octanol–water partition coefficient (Wildman–Crippen LogP) is 3.01. The molecule has 1 aromatic carbocycles. The third-order valence-electron chi connectivity index (χ3n) is 2.87. The lowest BCUT2D eigenvalue weighted by Gasteiger charge is -2.21. The van der Waals surface area contributed by atoms with Crippen molar-refractivity contribution in [1.82, 2.24) is 0 Å². The predicted molar refractivity (Wildman–Crippen MR) is 57.4 cm³/mol. The molecule has 2 rings (SSSR count). The van der Waals surface area contributed by atoms with Crippen LogP contribution < -0.4 is 0 Å². The van der Waals surface area contributed by atoms with Crippen LogP contribution in [-0.4, -0.2) is 5.78 Å². The molecule has 1 aromatic rings. The summed E-state index contributed by atoms with van der Waals surface area (Å²) in [5.41, 5.74) is 2.13. The summed E-state index contributed by atoms with van der Waals surface area (Å²) in [6, 6.07) is 7.93. The van der Waals surface area contributed by atoms with Crippen molar-refractivity contribution >= 4 is 5.78 Å². The maximum atomic E-state index is 12.0. The lowest BCUT2D eigenvalue weighted by molar-refractivity contribution is 0.0903. The second-order valence-electron chi connectivity index (χ2n) is 3.78.